The summed E-state index contributed by atoms with van der Waals surface area (Å²) >= 11 is 0. The van der Waals surface area contributed by atoms with Crippen LogP contribution in [0.25, 0.3) is 0 Å². The summed E-state index contributed by atoms with van der Waals surface area (Å²) in [6.45, 7) is 0.160. The number of hydrogen-bond donors (Lipinski definition) is 2. The van der Waals surface area contributed by atoms with Gasteiger partial charge in [0.2, 0.25) is 0 Å². The van der Waals surface area contributed by atoms with E-state index in [1.54, 1.807) is 0 Å². The van der Waals surface area contributed by atoms with Crippen LogP contribution in [0, 0.1) is 11.6 Å². The lowest BCUT2D eigenvalue weighted by atomic mass is 10.1. The molecule has 1 rings (SSSR count). The predicted octanol–water partition coefficient (Wildman–Crippen LogP) is 1.19. The Morgan fingerprint density at radius 1 is 1.43 bits per heavy atom. The third kappa shape index (κ3) is 2.18. The molecular weight excluding hydrogens is 190 g/mol. The van der Waals surface area contributed by atoms with E-state index in [4.69, 9.17) is 16.2 Å². The molecule has 1 aromatic carbocycles. The van der Waals surface area contributed by atoms with Gasteiger partial charge in [-0.05, 0) is 11.6 Å². The average molecular weight is 202 g/mol. The van der Waals surface area contributed by atoms with Gasteiger partial charge >= 0.3 is 0 Å². The van der Waals surface area contributed by atoms with Gasteiger partial charge in [-0.3, -0.25) is 0 Å². The number of rotatable bonds is 3. The maximum absolute atomic E-state index is 13.0. The molecular formula is C9H12F2N2O. The van der Waals surface area contributed by atoms with Crippen LogP contribution in [0.5, 0.6) is 0 Å². The molecule has 0 fully saturated rings. The largest absolute Gasteiger partial charge is 0.396 e. The maximum atomic E-state index is 13.0. The lowest BCUT2D eigenvalue weighted by Crippen LogP contribution is -2.18. The molecule has 78 valence electrons. The van der Waals surface area contributed by atoms with Crippen molar-refractivity contribution in [2.45, 2.75) is 6.04 Å². The van der Waals surface area contributed by atoms with Crippen LogP contribution in [0.3, 0.4) is 0 Å². The van der Waals surface area contributed by atoms with Gasteiger partial charge in [0.05, 0.1) is 18.3 Å². The van der Waals surface area contributed by atoms with E-state index in [0.717, 1.165) is 12.1 Å². The first-order valence-corrected chi connectivity index (χ1v) is 4.05. The Hall–Kier alpha value is -1.20. The van der Waals surface area contributed by atoms with E-state index in [1.807, 2.05) is 0 Å². The highest BCUT2D eigenvalue weighted by atomic mass is 19.1. The lowest BCUT2D eigenvalue weighted by Gasteiger charge is -2.13. The van der Waals surface area contributed by atoms with Crippen molar-refractivity contribution in [1.29, 1.82) is 0 Å². The minimum atomic E-state index is -0.799. The molecule has 1 atom stereocenters. The van der Waals surface area contributed by atoms with Crippen LogP contribution in [0.2, 0.25) is 0 Å². The summed E-state index contributed by atoms with van der Waals surface area (Å²) < 4.78 is 30.6. The molecule has 5 heteroatoms. The third-order valence-corrected chi connectivity index (χ3v) is 1.87. The van der Waals surface area contributed by atoms with Crippen LogP contribution in [0.4, 0.5) is 14.5 Å². The molecule has 0 aliphatic heterocycles. The molecule has 4 N–H and O–H groups in total. The molecule has 0 heterocycles. The van der Waals surface area contributed by atoms with E-state index < -0.39 is 17.7 Å². The molecule has 0 aliphatic carbocycles. The monoisotopic (exact) mass is 202 g/mol. The zero-order valence-electron chi connectivity index (χ0n) is 7.76. The zero-order chi connectivity index (χ0) is 10.7. The van der Waals surface area contributed by atoms with E-state index in [1.165, 1.54) is 7.11 Å². The first-order valence-electron chi connectivity index (χ1n) is 4.05. The van der Waals surface area contributed by atoms with Crippen molar-refractivity contribution in [3.05, 3.63) is 29.3 Å². The van der Waals surface area contributed by atoms with Crippen LogP contribution >= 0.6 is 0 Å². The Labute approximate surface area is 80.7 Å². The number of nitrogens with two attached hydrogens (primary N) is 2. The van der Waals surface area contributed by atoms with Gasteiger partial charge in [0, 0.05) is 13.2 Å². The van der Waals surface area contributed by atoms with Gasteiger partial charge < -0.3 is 16.2 Å². The van der Waals surface area contributed by atoms with Gasteiger partial charge in [0.15, 0.2) is 0 Å². The molecule has 0 amide bonds. The number of ether oxygens (including phenoxy) is 1. The van der Waals surface area contributed by atoms with Crippen LogP contribution in [0.15, 0.2) is 12.1 Å². The lowest BCUT2D eigenvalue weighted by molar-refractivity contribution is 0.181. The van der Waals surface area contributed by atoms with Crippen LogP contribution in [0.1, 0.15) is 11.6 Å². The van der Waals surface area contributed by atoms with Gasteiger partial charge in [0.1, 0.15) is 11.6 Å². The summed E-state index contributed by atoms with van der Waals surface area (Å²) in [5.41, 5.74) is 11.1. The number of halogens is 2. The van der Waals surface area contributed by atoms with Crippen molar-refractivity contribution in [3.8, 4) is 0 Å². The third-order valence-electron chi connectivity index (χ3n) is 1.87. The Morgan fingerprint density at radius 3 is 2.64 bits per heavy atom. The van der Waals surface area contributed by atoms with Gasteiger partial charge in [-0.25, -0.2) is 8.78 Å². The van der Waals surface area contributed by atoms with Crippen LogP contribution in [-0.2, 0) is 4.74 Å². The summed E-state index contributed by atoms with van der Waals surface area (Å²) in [5, 5.41) is 0. The van der Waals surface area contributed by atoms with Crippen molar-refractivity contribution in [2.75, 3.05) is 19.5 Å². The van der Waals surface area contributed by atoms with E-state index in [0.29, 0.717) is 0 Å². The smallest absolute Gasteiger partial charge is 0.149 e. The highest BCUT2D eigenvalue weighted by Crippen LogP contribution is 2.23. The molecule has 0 bridgehead atoms. The Bertz CT molecular complexity index is 331. The number of benzene rings is 1. The molecule has 0 unspecified atom stereocenters. The Balaban J connectivity index is 3.07. The second-order valence-corrected chi connectivity index (χ2v) is 2.95. The minimum absolute atomic E-state index is 0.129. The van der Waals surface area contributed by atoms with Crippen molar-refractivity contribution >= 4 is 5.69 Å². The average Bonchev–Trinajstić information content (AvgIpc) is 2.11. The van der Waals surface area contributed by atoms with Crippen molar-refractivity contribution < 1.29 is 13.5 Å². The van der Waals surface area contributed by atoms with Crippen LogP contribution < -0.4 is 11.5 Å². The first-order chi connectivity index (χ1) is 6.56. The molecule has 0 aromatic heterocycles. The summed E-state index contributed by atoms with van der Waals surface area (Å²) in [6.07, 6.45) is 0. The summed E-state index contributed by atoms with van der Waals surface area (Å²) in [4.78, 5) is 0. The molecule has 0 radical (unpaired) electrons. The van der Waals surface area contributed by atoms with Crippen molar-refractivity contribution in [1.82, 2.24) is 0 Å². The molecule has 0 saturated heterocycles. The number of nitrogen functional groups attached to an aromatic ring is 1. The van der Waals surface area contributed by atoms with Gasteiger partial charge in [-0.1, -0.05) is 0 Å². The summed E-state index contributed by atoms with van der Waals surface area (Å²) in [6, 6.07) is 1.21. The van der Waals surface area contributed by atoms with E-state index in [9.17, 15) is 8.78 Å². The second-order valence-electron chi connectivity index (χ2n) is 2.95. The maximum Gasteiger partial charge on any atom is 0.149 e. The molecule has 0 aliphatic rings. The minimum Gasteiger partial charge on any atom is -0.396 e. The fourth-order valence-electron chi connectivity index (χ4n) is 1.18. The fourth-order valence-corrected chi connectivity index (χ4v) is 1.18. The molecule has 14 heavy (non-hydrogen) atoms. The first kappa shape index (κ1) is 10.9. The van der Waals surface area contributed by atoms with Gasteiger partial charge in [0.25, 0.3) is 0 Å². The highest BCUT2D eigenvalue weighted by Gasteiger charge is 2.14. The Kier molecular flexibility index (Phi) is 3.38. The Morgan fingerprint density at radius 2 is 2.07 bits per heavy atom. The number of methoxy groups -OCH3 is 1. The zero-order valence-corrected chi connectivity index (χ0v) is 7.76. The van der Waals surface area contributed by atoms with E-state index >= 15 is 0 Å². The van der Waals surface area contributed by atoms with Gasteiger partial charge in [-0.2, -0.15) is 0 Å². The predicted molar refractivity (Wildman–Crippen MR) is 49.6 cm³/mol. The summed E-state index contributed by atoms with van der Waals surface area (Å²) in [5.74, 6) is -1.50. The molecule has 1 aromatic rings. The topological polar surface area (TPSA) is 61.3 Å². The fraction of sp³-hybridized carbons (Fsp3) is 0.333. The van der Waals surface area contributed by atoms with Gasteiger partial charge in [-0.15, -0.1) is 0 Å². The second kappa shape index (κ2) is 4.34. The standard InChI is InChI=1S/C9H12F2N2O/c1-14-4-8(12)6-2-5(10)3-7(11)9(6)13/h2-3,8H,4,12-13H2,1H3/t8-/m1/s1. The number of hydrogen-bond acceptors (Lipinski definition) is 3. The van der Waals surface area contributed by atoms with Crippen molar-refractivity contribution in [3.63, 3.8) is 0 Å². The van der Waals surface area contributed by atoms with Crippen molar-refractivity contribution in [2.24, 2.45) is 5.73 Å². The summed E-state index contributed by atoms with van der Waals surface area (Å²) in [7, 11) is 1.45. The molecule has 0 saturated carbocycles. The highest BCUT2D eigenvalue weighted by molar-refractivity contribution is 5.49. The molecule has 3 nitrogen and oxygen atoms in total. The van der Waals surface area contributed by atoms with E-state index in [-0.39, 0.29) is 17.9 Å². The SMILES string of the molecule is COC[C@@H](N)c1cc(F)cc(F)c1N. The van der Waals surface area contributed by atoms with E-state index in [2.05, 4.69) is 0 Å². The molecule has 0 spiro atoms. The van der Waals surface area contributed by atoms with Crippen LogP contribution in [-0.4, -0.2) is 13.7 Å². The quantitative estimate of drug-likeness (QED) is 0.724. The normalized spacial score (nSPS) is 12.9. The number of anilines is 1.